The van der Waals surface area contributed by atoms with E-state index in [2.05, 4.69) is 4.74 Å². The van der Waals surface area contributed by atoms with Crippen LogP contribution in [0.3, 0.4) is 0 Å². The van der Waals surface area contributed by atoms with Crippen LogP contribution in [0.15, 0.2) is 0 Å². The average molecular weight is 354 g/mol. The Balaban J connectivity index is 1.62. The fourth-order valence-electron chi connectivity index (χ4n) is 4.35. The van der Waals surface area contributed by atoms with Crippen molar-refractivity contribution < 1.29 is 36.6 Å². The van der Waals surface area contributed by atoms with Crippen LogP contribution in [0.5, 0.6) is 0 Å². The van der Waals surface area contributed by atoms with E-state index in [0.29, 0.717) is 6.42 Å². The smallest absolute Gasteiger partial charge is 0.373 e. The molecule has 4 nitrogen and oxygen atoms in total. The Morgan fingerprint density at radius 2 is 2.00 bits per heavy atom. The summed E-state index contributed by atoms with van der Waals surface area (Å²) in [6, 6.07) is 0. The number of rotatable bonds is 6. The first-order chi connectivity index (χ1) is 11.1. The quantitative estimate of drug-likeness (QED) is 0.418. The summed E-state index contributed by atoms with van der Waals surface area (Å²) in [5, 5.41) is 0. The first-order valence-electron chi connectivity index (χ1n) is 8.16. The third kappa shape index (κ3) is 3.20. The van der Waals surface area contributed by atoms with E-state index < -0.39 is 36.4 Å². The van der Waals surface area contributed by atoms with Crippen LogP contribution in [0.25, 0.3) is 0 Å². The molecule has 1 aliphatic heterocycles. The maximum Gasteiger partial charge on any atom is 0.411 e. The topological polar surface area (TPSA) is 48.1 Å². The molecule has 8 heteroatoms. The van der Waals surface area contributed by atoms with Gasteiger partial charge in [-0.2, -0.15) is 13.2 Å². The molecule has 1 saturated heterocycles. The molecule has 5 atom stereocenters. The van der Waals surface area contributed by atoms with Gasteiger partial charge < -0.3 is 14.2 Å². The van der Waals surface area contributed by atoms with Gasteiger partial charge in [-0.05, 0) is 38.0 Å². The van der Waals surface area contributed by atoms with Gasteiger partial charge in [0.25, 0.3) is 0 Å². The lowest BCUT2D eigenvalue weighted by Gasteiger charge is -2.41. The number of carbonyl (C=O) groups is 1. The zero-order chi connectivity index (χ0) is 17.8. The Hall–Kier alpha value is -0.730. The predicted octanol–water partition coefficient (Wildman–Crippen LogP) is 2.84. The fourth-order valence-corrected chi connectivity index (χ4v) is 4.35. The number of hydrogen-bond donors (Lipinski definition) is 0. The van der Waals surface area contributed by atoms with Gasteiger partial charge in [0.2, 0.25) is 0 Å². The standard InChI is InChI=1S/C16H22F4O4/c1-14(10(24-14)3-6-23-8-16(18,19)20)13-12(22-2)11(21)9(17)7-15(13)4-5-15/h9-10,12-13H,3-8H2,1-2H3/t9-,10+,12+,13+,14-/m0/s1. The average Bonchev–Trinajstić information content (AvgIpc) is 3.37. The van der Waals surface area contributed by atoms with Crippen molar-refractivity contribution in [2.75, 3.05) is 20.3 Å². The molecule has 0 amide bonds. The first-order valence-corrected chi connectivity index (χ1v) is 8.16. The molecule has 0 radical (unpaired) electrons. The van der Waals surface area contributed by atoms with Crippen molar-refractivity contribution in [1.29, 1.82) is 0 Å². The molecule has 0 bridgehead atoms. The number of hydrogen-bond acceptors (Lipinski definition) is 4. The summed E-state index contributed by atoms with van der Waals surface area (Å²) in [5.74, 6) is -0.814. The molecule has 2 aliphatic carbocycles. The van der Waals surface area contributed by atoms with Crippen molar-refractivity contribution in [2.45, 2.75) is 62.8 Å². The molecular weight excluding hydrogens is 332 g/mol. The number of alkyl halides is 4. The molecule has 138 valence electrons. The van der Waals surface area contributed by atoms with Crippen LogP contribution in [0.2, 0.25) is 0 Å². The molecule has 3 aliphatic rings. The van der Waals surface area contributed by atoms with Crippen molar-refractivity contribution in [2.24, 2.45) is 11.3 Å². The highest BCUT2D eigenvalue weighted by Crippen LogP contribution is 2.67. The molecule has 2 saturated carbocycles. The number of ether oxygens (including phenoxy) is 3. The van der Waals surface area contributed by atoms with Gasteiger partial charge in [0.05, 0.1) is 11.7 Å². The van der Waals surface area contributed by atoms with Crippen LogP contribution in [0.4, 0.5) is 17.6 Å². The molecule has 24 heavy (non-hydrogen) atoms. The Kier molecular flexibility index (Phi) is 4.45. The number of Topliss-reactive ketones (excluding diaryl/α,β-unsaturated/α-hetero) is 1. The summed E-state index contributed by atoms with van der Waals surface area (Å²) in [7, 11) is 1.39. The van der Waals surface area contributed by atoms with Crippen molar-refractivity contribution in [3.05, 3.63) is 0 Å². The molecular formula is C16H22F4O4. The van der Waals surface area contributed by atoms with Gasteiger partial charge in [0, 0.05) is 19.6 Å². The van der Waals surface area contributed by atoms with E-state index in [4.69, 9.17) is 9.47 Å². The van der Waals surface area contributed by atoms with Crippen LogP contribution < -0.4 is 0 Å². The van der Waals surface area contributed by atoms with E-state index in [-0.39, 0.29) is 30.5 Å². The molecule has 1 heterocycles. The van der Waals surface area contributed by atoms with Crippen LogP contribution in [0.1, 0.15) is 32.6 Å². The lowest BCUT2D eigenvalue weighted by molar-refractivity contribution is -0.174. The number of carbonyl (C=O) groups excluding carboxylic acids is 1. The Morgan fingerprint density at radius 1 is 1.33 bits per heavy atom. The van der Waals surface area contributed by atoms with Gasteiger partial charge in [0.1, 0.15) is 12.7 Å². The zero-order valence-corrected chi connectivity index (χ0v) is 13.7. The SMILES string of the molecule is CO[C@@H]1C(=O)[C@@H](F)CC2(CC2)[C@H]1[C@@]1(C)O[C@@H]1CCOCC(F)(F)F. The number of ketones is 1. The van der Waals surface area contributed by atoms with Gasteiger partial charge in [0.15, 0.2) is 12.0 Å². The molecule has 0 aromatic heterocycles. The minimum Gasteiger partial charge on any atom is -0.373 e. The monoisotopic (exact) mass is 354 g/mol. The minimum absolute atomic E-state index is 0.0726. The normalized spacial score (nSPS) is 40.8. The second-order valence-electron chi connectivity index (χ2n) is 7.32. The minimum atomic E-state index is -4.35. The Bertz CT molecular complexity index is 505. The molecule has 3 rings (SSSR count). The highest BCUT2D eigenvalue weighted by molar-refractivity contribution is 5.89. The molecule has 0 N–H and O–H groups in total. The van der Waals surface area contributed by atoms with Crippen LogP contribution in [-0.2, 0) is 19.0 Å². The van der Waals surface area contributed by atoms with E-state index in [1.165, 1.54) is 7.11 Å². The van der Waals surface area contributed by atoms with Gasteiger partial charge in [-0.25, -0.2) is 4.39 Å². The largest absolute Gasteiger partial charge is 0.411 e. The molecule has 1 spiro atoms. The first kappa shape index (κ1) is 18.1. The molecule has 3 fully saturated rings. The summed E-state index contributed by atoms with van der Waals surface area (Å²) in [6.07, 6.45) is -4.88. The number of halogens is 4. The van der Waals surface area contributed by atoms with E-state index in [9.17, 15) is 22.4 Å². The fraction of sp³-hybridized carbons (Fsp3) is 0.938. The zero-order valence-electron chi connectivity index (χ0n) is 13.7. The maximum atomic E-state index is 14.0. The third-order valence-corrected chi connectivity index (χ3v) is 5.67. The second-order valence-corrected chi connectivity index (χ2v) is 7.32. The summed E-state index contributed by atoms with van der Waals surface area (Å²) >= 11 is 0. The summed E-state index contributed by atoms with van der Waals surface area (Å²) in [5.41, 5.74) is -0.959. The van der Waals surface area contributed by atoms with Crippen LogP contribution in [-0.4, -0.2) is 56.3 Å². The summed E-state index contributed by atoms with van der Waals surface area (Å²) in [4.78, 5) is 12.1. The van der Waals surface area contributed by atoms with Gasteiger partial charge in [-0.1, -0.05) is 0 Å². The number of epoxide rings is 1. The summed E-state index contributed by atoms with van der Waals surface area (Å²) < 4.78 is 65.9. The van der Waals surface area contributed by atoms with E-state index in [0.717, 1.165) is 12.8 Å². The third-order valence-electron chi connectivity index (χ3n) is 5.67. The molecule has 0 unspecified atom stereocenters. The van der Waals surface area contributed by atoms with Crippen LogP contribution in [0, 0.1) is 11.3 Å². The highest BCUT2D eigenvalue weighted by Gasteiger charge is 2.71. The Labute approximate surface area is 137 Å². The molecule has 0 aromatic rings. The van der Waals surface area contributed by atoms with Crippen molar-refractivity contribution in [3.8, 4) is 0 Å². The van der Waals surface area contributed by atoms with Crippen molar-refractivity contribution in [1.82, 2.24) is 0 Å². The van der Waals surface area contributed by atoms with E-state index >= 15 is 0 Å². The van der Waals surface area contributed by atoms with Gasteiger partial charge in [-0.15, -0.1) is 0 Å². The maximum absolute atomic E-state index is 14.0. The lowest BCUT2D eigenvalue weighted by Crippen LogP contribution is -2.53. The van der Waals surface area contributed by atoms with Crippen molar-refractivity contribution in [3.63, 3.8) is 0 Å². The second kappa shape index (κ2) is 5.92. The van der Waals surface area contributed by atoms with Gasteiger partial charge >= 0.3 is 6.18 Å². The van der Waals surface area contributed by atoms with Crippen molar-refractivity contribution >= 4 is 5.78 Å². The van der Waals surface area contributed by atoms with Crippen LogP contribution >= 0.6 is 0 Å². The summed E-state index contributed by atoms with van der Waals surface area (Å²) in [6.45, 7) is 0.480. The predicted molar refractivity (Wildman–Crippen MR) is 75.2 cm³/mol. The Morgan fingerprint density at radius 3 is 2.54 bits per heavy atom. The van der Waals surface area contributed by atoms with E-state index in [1.54, 1.807) is 0 Å². The number of methoxy groups -OCH3 is 1. The van der Waals surface area contributed by atoms with Gasteiger partial charge in [-0.3, -0.25) is 4.79 Å². The van der Waals surface area contributed by atoms with E-state index in [1.807, 2.05) is 6.92 Å². The lowest BCUT2D eigenvalue weighted by atomic mass is 9.66. The molecule has 0 aromatic carbocycles. The highest BCUT2D eigenvalue weighted by atomic mass is 19.4.